The Hall–Kier alpha value is -3.53. The van der Waals surface area contributed by atoms with E-state index in [0.717, 1.165) is 38.7 Å². The number of carbonyl (C=O) groups is 1. The number of rotatable bonds is 6. The lowest BCUT2D eigenvalue weighted by Gasteiger charge is -2.34. The molecule has 1 amide bonds. The fourth-order valence-electron chi connectivity index (χ4n) is 3.81. The molecule has 1 aromatic carbocycles. The molecule has 0 bridgehead atoms. The van der Waals surface area contributed by atoms with Gasteiger partial charge in [0.05, 0.1) is 10.9 Å². The second-order valence-electron chi connectivity index (χ2n) is 7.56. The highest BCUT2D eigenvalue weighted by Crippen LogP contribution is 2.14. The van der Waals surface area contributed by atoms with E-state index in [9.17, 15) is 14.4 Å². The molecule has 1 saturated heterocycles. The van der Waals surface area contributed by atoms with E-state index in [2.05, 4.69) is 30.1 Å². The number of anilines is 2. The van der Waals surface area contributed by atoms with Gasteiger partial charge in [-0.1, -0.05) is 0 Å². The van der Waals surface area contributed by atoms with Crippen LogP contribution in [-0.2, 0) is 11.3 Å². The SMILES string of the molecule is CC(=O)Nc1ccc2[nH]c(=O)n(CCCN3CCN(c4ncccn4)CC3)c(=O)c2c1. The quantitative estimate of drug-likeness (QED) is 0.598. The molecule has 2 aromatic heterocycles. The number of hydrogen-bond donors (Lipinski definition) is 2. The lowest BCUT2D eigenvalue weighted by molar-refractivity contribution is -0.114. The van der Waals surface area contributed by atoms with Gasteiger partial charge < -0.3 is 15.2 Å². The van der Waals surface area contributed by atoms with E-state index in [0.29, 0.717) is 29.6 Å². The number of benzene rings is 1. The summed E-state index contributed by atoms with van der Waals surface area (Å²) in [6, 6.07) is 6.68. The molecular formula is C21H25N7O3. The summed E-state index contributed by atoms with van der Waals surface area (Å²) < 4.78 is 1.23. The summed E-state index contributed by atoms with van der Waals surface area (Å²) in [5, 5.41) is 3.04. The lowest BCUT2D eigenvalue weighted by Crippen LogP contribution is -2.47. The smallest absolute Gasteiger partial charge is 0.328 e. The van der Waals surface area contributed by atoms with Crippen molar-refractivity contribution in [3.8, 4) is 0 Å². The van der Waals surface area contributed by atoms with E-state index in [1.807, 2.05) is 0 Å². The fourth-order valence-corrected chi connectivity index (χ4v) is 3.81. The summed E-state index contributed by atoms with van der Waals surface area (Å²) in [6.07, 6.45) is 4.17. The van der Waals surface area contributed by atoms with Gasteiger partial charge in [-0.25, -0.2) is 14.8 Å². The highest BCUT2D eigenvalue weighted by molar-refractivity contribution is 5.91. The molecule has 4 rings (SSSR count). The lowest BCUT2D eigenvalue weighted by atomic mass is 10.2. The maximum atomic E-state index is 12.9. The Labute approximate surface area is 178 Å². The van der Waals surface area contributed by atoms with Gasteiger partial charge in [0.1, 0.15) is 0 Å². The van der Waals surface area contributed by atoms with Crippen LogP contribution in [0.3, 0.4) is 0 Å². The van der Waals surface area contributed by atoms with Crippen LogP contribution in [0.1, 0.15) is 13.3 Å². The van der Waals surface area contributed by atoms with Gasteiger partial charge in [-0.05, 0) is 37.2 Å². The van der Waals surface area contributed by atoms with Crippen LogP contribution in [0.4, 0.5) is 11.6 Å². The van der Waals surface area contributed by atoms with Crippen LogP contribution in [-0.4, -0.2) is 63.0 Å². The van der Waals surface area contributed by atoms with Gasteiger partial charge in [-0.15, -0.1) is 0 Å². The third-order valence-electron chi connectivity index (χ3n) is 5.37. The molecule has 0 spiro atoms. The van der Waals surface area contributed by atoms with Gasteiger partial charge in [-0.3, -0.25) is 19.1 Å². The molecule has 3 aromatic rings. The maximum absolute atomic E-state index is 12.9. The average molecular weight is 423 g/mol. The highest BCUT2D eigenvalue weighted by Gasteiger charge is 2.18. The minimum atomic E-state index is -0.421. The Morgan fingerprint density at radius 3 is 2.55 bits per heavy atom. The van der Waals surface area contributed by atoms with Gasteiger partial charge in [0.2, 0.25) is 11.9 Å². The zero-order chi connectivity index (χ0) is 21.8. The van der Waals surface area contributed by atoms with E-state index in [1.54, 1.807) is 36.7 Å². The first-order valence-corrected chi connectivity index (χ1v) is 10.3. The van der Waals surface area contributed by atoms with Crippen molar-refractivity contribution in [2.24, 2.45) is 0 Å². The summed E-state index contributed by atoms with van der Waals surface area (Å²) >= 11 is 0. The van der Waals surface area contributed by atoms with Gasteiger partial charge in [0.25, 0.3) is 5.56 Å². The Balaban J connectivity index is 1.38. The molecular weight excluding hydrogens is 398 g/mol. The average Bonchev–Trinajstić information content (AvgIpc) is 2.77. The number of nitrogens with one attached hydrogen (secondary N) is 2. The van der Waals surface area contributed by atoms with Crippen LogP contribution in [0.15, 0.2) is 46.2 Å². The van der Waals surface area contributed by atoms with Crippen LogP contribution >= 0.6 is 0 Å². The van der Waals surface area contributed by atoms with Crippen LogP contribution < -0.4 is 21.5 Å². The predicted molar refractivity (Wildman–Crippen MR) is 118 cm³/mol. The summed E-state index contributed by atoms with van der Waals surface area (Å²) in [5.74, 6) is 0.526. The van der Waals surface area contributed by atoms with Crippen molar-refractivity contribution in [3.63, 3.8) is 0 Å². The normalized spacial score (nSPS) is 14.7. The zero-order valence-corrected chi connectivity index (χ0v) is 17.4. The number of nitrogens with zero attached hydrogens (tertiary/aromatic N) is 5. The van der Waals surface area contributed by atoms with Crippen molar-refractivity contribution < 1.29 is 4.79 Å². The molecule has 1 aliphatic heterocycles. The van der Waals surface area contributed by atoms with Crippen molar-refractivity contribution in [3.05, 3.63) is 57.5 Å². The van der Waals surface area contributed by atoms with Crippen LogP contribution in [0.2, 0.25) is 0 Å². The number of amides is 1. The maximum Gasteiger partial charge on any atom is 0.328 e. The van der Waals surface area contributed by atoms with Crippen molar-refractivity contribution in [2.75, 3.05) is 42.9 Å². The number of fused-ring (bicyclic) bond motifs is 1. The monoisotopic (exact) mass is 423 g/mol. The van der Waals surface area contributed by atoms with Gasteiger partial charge in [0.15, 0.2) is 0 Å². The molecule has 2 N–H and O–H groups in total. The summed E-state index contributed by atoms with van der Waals surface area (Å²) in [6.45, 7) is 5.96. The largest absolute Gasteiger partial charge is 0.338 e. The Kier molecular flexibility index (Phi) is 6.08. The molecule has 0 saturated carbocycles. The molecule has 162 valence electrons. The minimum Gasteiger partial charge on any atom is -0.338 e. The first-order chi connectivity index (χ1) is 15.0. The van der Waals surface area contributed by atoms with Gasteiger partial charge >= 0.3 is 5.69 Å². The second kappa shape index (κ2) is 9.09. The molecule has 0 aliphatic carbocycles. The summed E-state index contributed by atoms with van der Waals surface area (Å²) in [4.78, 5) is 52.4. The Morgan fingerprint density at radius 1 is 1.10 bits per heavy atom. The third-order valence-corrected chi connectivity index (χ3v) is 5.37. The minimum absolute atomic E-state index is 0.219. The van der Waals surface area contributed by atoms with Crippen LogP contribution in [0.25, 0.3) is 10.9 Å². The molecule has 10 heteroatoms. The van der Waals surface area contributed by atoms with E-state index in [-0.39, 0.29) is 11.5 Å². The van der Waals surface area contributed by atoms with Crippen molar-refractivity contribution in [1.82, 2.24) is 24.4 Å². The molecule has 0 atom stereocenters. The molecule has 3 heterocycles. The molecule has 1 aliphatic rings. The number of aromatic nitrogens is 4. The fraction of sp³-hybridized carbons (Fsp3) is 0.381. The third kappa shape index (κ3) is 4.80. The highest BCUT2D eigenvalue weighted by atomic mass is 16.2. The van der Waals surface area contributed by atoms with Crippen LogP contribution in [0.5, 0.6) is 0 Å². The van der Waals surface area contributed by atoms with Crippen molar-refractivity contribution in [1.29, 1.82) is 0 Å². The molecule has 0 radical (unpaired) electrons. The molecule has 10 nitrogen and oxygen atoms in total. The number of H-pyrrole nitrogens is 1. The van der Waals surface area contributed by atoms with Crippen LogP contribution in [0, 0.1) is 0 Å². The number of piperazine rings is 1. The molecule has 31 heavy (non-hydrogen) atoms. The molecule has 0 unspecified atom stereocenters. The Morgan fingerprint density at radius 2 is 1.84 bits per heavy atom. The van der Waals surface area contributed by atoms with Crippen molar-refractivity contribution in [2.45, 2.75) is 19.9 Å². The molecule has 1 fully saturated rings. The van der Waals surface area contributed by atoms with E-state index < -0.39 is 5.69 Å². The zero-order valence-electron chi connectivity index (χ0n) is 17.4. The predicted octanol–water partition coefficient (Wildman–Crippen LogP) is 0.651. The van der Waals surface area contributed by atoms with E-state index >= 15 is 0 Å². The van der Waals surface area contributed by atoms with Crippen molar-refractivity contribution >= 4 is 28.4 Å². The Bertz CT molecular complexity index is 1180. The summed E-state index contributed by atoms with van der Waals surface area (Å²) in [5.41, 5.74) is 0.211. The van der Waals surface area contributed by atoms with E-state index in [1.165, 1.54) is 11.5 Å². The van der Waals surface area contributed by atoms with Gasteiger partial charge in [0, 0.05) is 57.7 Å². The summed E-state index contributed by atoms with van der Waals surface area (Å²) in [7, 11) is 0. The topological polar surface area (TPSA) is 116 Å². The first kappa shape index (κ1) is 20.7. The van der Waals surface area contributed by atoms with E-state index in [4.69, 9.17) is 0 Å². The van der Waals surface area contributed by atoms with Gasteiger partial charge in [-0.2, -0.15) is 0 Å². The second-order valence-corrected chi connectivity index (χ2v) is 7.56. The number of aromatic amines is 1. The first-order valence-electron chi connectivity index (χ1n) is 10.3. The number of carbonyl (C=O) groups excluding carboxylic acids is 1. The standard InChI is InChI=1S/C21H25N7O3/c1-15(29)24-16-4-5-18-17(14-16)19(30)28(21(31)25-18)9-3-8-26-10-12-27(13-11-26)20-22-6-2-7-23-20/h2,4-7,14H,3,8-13H2,1H3,(H,24,29)(H,25,31). The number of hydrogen-bond acceptors (Lipinski definition) is 7.